The van der Waals surface area contributed by atoms with Gasteiger partial charge in [0.2, 0.25) is 0 Å². The Labute approximate surface area is 183 Å². The van der Waals surface area contributed by atoms with E-state index in [1.807, 2.05) is 61.3 Å². The minimum Gasteiger partial charge on any atom is -0.497 e. The van der Waals surface area contributed by atoms with Crippen LogP contribution in [0.5, 0.6) is 11.5 Å². The van der Waals surface area contributed by atoms with Gasteiger partial charge in [0.25, 0.3) is 11.8 Å². The molecule has 2 aromatic carbocycles. The normalized spacial score (nSPS) is 16.6. The van der Waals surface area contributed by atoms with Gasteiger partial charge < -0.3 is 24.6 Å². The highest BCUT2D eigenvalue weighted by molar-refractivity contribution is 5.91. The van der Waals surface area contributed by atoms with Crippen LogP contribution in [-0.2, 0) is 9.59 Å². The summed E-state index contributed by atoms with van der Waals surface area (Å²) in [6.45, 7) is 3.18. The van der Waals surface area contributed by atoms with Gasteiger partial charge in [-0.25, -0.2) is 0 Å². The smallest absolute Gasteiger partial charge is 0.279 e. The molecule has 7 nitrogen and oxygen atoms in total. The van der Waals surface area contributed by atoms with Crippen molar-refractivity contribution < 1.29 is 24.0 Å². The maximum atomic E-state index is 13.1. The second-order valence-corrected chi connectivity index (χ2v) is 8.08. The Morgan fingerprint density at radius 2 is 1.84 bits per heavy atom. The van der Waals surface area contributed by atoms with Crippen LogP contribution in [0.2, 0.25) is 0 Å². The van der Waals surface area contributed by atoms with Gasteiger partial charge in [0, 0.05) is 17.8 Å². The summed E-state index contributed by atoms with van der Waals surface area (Å²) in [5.74, 6) is 1.42. The number of quaternary nitrogens is 1. The Morgan fingerprint density at radius 1 is 1.10 bits per heavy atom. The van der Waals surface area contributed by atoms with E-state index in [2.05, 4.69) is 5.32 Å². The highest BCUT2D eigenvalue weighted by Gasteiger charge is 2.33. The predicted molar refractivity (Wildman–Crippen MR) is 120 cm³/mol. The first kappa shape index (κ1) is 22.6. The molecular formula is C24H32N3O4+. The van der Waals surface area contributed by atoms with E-state index < -0.39 is 0 Å². The minimum atomic E-state index is -0.110. The lowest BCUT2D eigenvalue weighted by atomic mass is 10.0. The van der Waals surface area contributed by atoms with Gasteiger partial charge in [0.05, 0.1) is 27.3 Å². The summed E-state index contributed by atoms with van der Waals surface area (Å²) in [6, 6.07) is 13.3. The monoisotopic (exact) mass is 426 g/mol. The molecule has 1 saturated heterocycles. The summed E-state index contributed by atoms with van der Waals surface area (Å²) in [5, 5.41) is 2.89. The van der Waals surface area contributed by atoms with Crippen LogP contribution < -0.4 is 19.7 Å². The Balaban J connectivity index is 1.61. The second-order valence-electron chi connectivity index (χ2n) is 8.08. The molecular weight excluding hydrogens is 394 g/mol. The summed E-state index contributed by atoms with van der Waals surface area (Å²) >= 11 is 0. The van der Waals surface area contributed by atoms with Crippen molar-refractivity contribution >= 4 is 17.5 Å². The van der Waals surface area contributed by atoms with Crippen molar-refractivity contribution in [2.75, 3.05) is 46.2 Å². The molecule has 2 N–H and O–H groups in total. The van der Waals surface area contributed by atoms with Crippen LogP contribution in [0.1, 0.15) is 30.0 Å². The molecule has 0 bridgehead atoms. The van der Waals surface area contributed by atoms with E-state index in [9.17, 15) is 9.59 Å². The molecule has 0 spiro atoms. The van der Waals surface area contributed by atoms with E-state index in [-0.39, 0.29) is 30.9 Å². The SMILES string of the molecule is COc1ccc(OC)c([C@H]2CCCN2C(=O)C[NH+](C)CC(=O)Nc2ccc(C)cc2)c1. The third-order valence-electron chi connectivity index (χ3n) is 5.62. The van der Waals surface area contributed by atoms with Crippen LogP contribution in [-0.4, -0.2) is 57.6 Å². The molecule has 7 heteroatoms. The van der Waals surface area contributed by atoms with Crippen LogP contribution in [0.3, 0.4) is 0 Å². The van der Waals surface area contributed by atoms with Crippen molar-refractivity contribution in [1.29, 1.82) is 0 Å². The van der Waals surface area contributed by atoms with Crippen molar-refractivity contribution in [3.63, 3.8) is 0 Å². The lowest BCUT2D eigenvalue weighted by Gasteiger charge is -2.27. The number of nitrogens with one attached hydrogen (secondary N) is 2. The van der Waals surface area contributed by atoms with Gasteiger partial charge >= 0.3 is 0 Å². The molecule has 2 aromatic rings. The van der Waals surface area contributed by atoms with Crippen molar-refractivity contribution in [3.05, 3.63) is 53.6 Å². The standard InChI is InChI=1S/C24H31N3O4/c1-17-7-9-18(10-8-17)25-23(28)15-26(2)16-24(29)27-13-5-6-21(27)20-14-19(30-3)11-12-22(20)31-4/h7-12,14,21H,5-6,13,15-16H2,1-4H3,(H,25,28)/p+1/t21-/m1/s1. The number of aryl methyl sites for hydroxylation is 1. The van der Waals surface area contributed by atoms with Crippen molar-refractivity contribution in [2.24, 2.45) is 0 Å². The molecule has 0 aliphatic carbocycles. The Kier molecular flexibility index (Phi) is 7.52. The molecule has 2 atom stereocenters. The molecule has 0 saturated carbocycles. The van der Waals surface area contributed by atoms with Crippen molar-refractivity contribution in [1.82, 2.24) is 4.90 Å². The summed E-state index contributed by atoms with van der Waals surface area (Å²) < 4.78 is 10.9. The number of benzene rings is 2. The topological polar surface area (TPSA) is 72.3 Å². The van der Waals surface area contributed by atoms with Crippen molar-refractivity contribution in [3.8, 4) is 11.5 Å². The molecule has 3 rings (SSSR count). The first-order chi connectivity index (χ1) is 14.9. The number of likely N-dealkylation sites (tertiary alicyclic amines) is 1. The molecule has 0 radical (unpaired) electrons. The van der Waals surface area contributed by atoms with Gasteiger partial charge in [-0.15, -0.1) is 0 Å². The lowest BCUT2D eigenvalue weighted by Crippen LogP contribution is -3.11. The first-order valence-corrected chi connectivity index (χ1v) is 10.6. The van der Waals surface area contributed by atoms with Gasteiger partial charge in [0.1, 0.15) is 11.5 Å². The van der Waals surface area contributed by atoms with Crippen LogP contribution >= 0.6 is 0 Å². The van der Waals surface area contributed by atoms with Gasteiger partial charge in [-0.3, -0.25) is 9.59 Å². The van der Waals surface area contributed by atoms with E-state index in [1.54, 1.807) is 14.2 Å². The number of hydrogen-bond acceptors (Lipinski definition) is 4. The zero-order chi connectivity index (χ0) is 22.4. The van der Waals surface area contributed by atoms with Crippen LogP contribution in [0.15, 0.2) is 42.5 Å². The summed E-state index contributed by atoms with van der Waals surface area (Å²) in [4.78, 5) is 28.2. The molecule has 0 aromatic heterocycles. The zero-order valence-corrected chi connectivity index (χ0v) is 18.7. The van der Waals surface area contributed by atoms with Gasteiger partial charge in [-0.2, -0.15) is 0 Å². The number of nitrogens with zero attached hydrogens (tertiary/aromatic N) is 1. The number of amides is 2. The predicted octanol–water partition coefficient (Wildman–Crippen LogP) is 1.83. The number of carbonyl (C=O) groups excluding carboxylic acids is 2. The second kappa shape index (κ2) is 10.3. The van der Waals surface area contributed by atoms with Gasteiger partial charge in [-0.1, -0.05) is 17.7 Å². The summed E-state index contributed by atoms with van der Waals surface area (Å²) in [5.41, 5.74) is 2.86. The van der Waals surface area contributed by atoms with Crippen LogP contribution in [0.4, 0.5) is 5.69 Å². The summed E-state index contributed by atoms with van der Waals surface area (Å²) in [7, 11) is 5.13. The average Bonchev–Trinajstić information content (AvgIpc) is 3.24. The number of ether oxygens (including phenoxy) is 2. The Morgan fingerprint density at radius 3 is 2.52 bits per heavy atom. The minimum absolute atomic E-state index is 0.0352. The fraction of sp³-hybridized carbons (Fsp3) is 0.417. The maximum Gasteiger partial charge on any atom is 0.279 e. The molecule has 1 heterocycles. The molecule has 166 valence electrons. The van der Waals surface area contributed by atoms with Gasteiger partial charge in [0.15, 0.2) is 13.1 Å². The molecule has 1 aliphatic heterocycles. The summed E-state index contributed by atoms with van der Waals surface area (Å²) in [6.07, 6.45) is 1.81. The third-order valence-corrected chi connectivity index (χ3v) is 5.62. The fourth-order valence-electron chi connectivity index (χ4n) is 4.03. The first-order valence-electron chi connectivity index (χ1n) is 10.6. The van der Waals surface area contributed by atoms with Crippen LogP contribution in [0, 0.1) is 6.92 Å². The Hall–Kier alpha value is -3.06. The largest absolute Gasteiger partial charge is 0.497 e. The third kappa shape index (κ3) is 5.76. The number of carbonyl (C=O) groups is 2. The number of likely N-dealkylation sites (N-methyl/N-ethyl adjacent to an activating group) is 1. The Bertz CT molecular complexity index is 914. The number of rotatable bonds is 8. The van der Waals surface area contributed by atoms with E-state index in [1.165, 1.54) is 0 Å². The van der Waals surface area contributed by atoms with E-state index in [0.717, 1.165) is 46.1 Å². The number of methoxy groups -OCH3 is 2. The molecule has 1 fully saturated rings. The average molecular weight is 427 g/mol. The highest BCUT2D eigenvalue weighted by Crippen LogP contribution is 2.38. The lowest BCUT2D eigenvalue weighted by molar-refractivity contribution is -0.862. The van der Waals surface area contributed by atoms with E-state index >= 15 is 0 Å². The number of hydrogen-bond donors (Lipinski definition) is 2. The molecule has 1 aliphatic rings. The molecule has 2 amide bonds. The van der Waals surface area contributed by atoms with Crippen LogP contribution in [0.25, 0.3) is 0 Å². The van der Waals surface area contributed by atoms with E-state index in [0.29, 0.717) is 6.54 Å². The fourth-order valence-corrected chi connectivity index (χ4v) is 4.03. The van der Waals surface area contributed by atoms with Crippen molar-refractivity contribution in [2.45, 2.75) is 25.8 Å². The molecule has 1 unspecified atom stereocenters. The van der Waals surface area contributed by atoms with E-state index in [4.69, 9.17) is 9.47 Å². The quantitative estimate of drug-likeness (QED) is 0.676. The van der Waals surface area contributed by atoms with Gasteiger partial charge in [-0.05, 0) is 50.1 Å². The maximum absolute atomic E-state index is 13.1. The zero-order valence-electron chi connectivity index (χ0n) is 18.7. The molecule has 31 heavy (non-hydrogen) atoms. The number of anilines is 1. The highest BCUT2D eigenvalue weighted by atomic mass is 16.5.